The van der Waals surface area contributed by atoms with E-state index in [-0.39, 0.29) is 6.10 Å². The van der Waals surface area contributed by atoms with Crippen molar-refractivity contribution in [2.24, 2.45) is 0 Å². The first-order chi connectivity index (χ1) is 12.6. The van der Waals surface area contributed by atoms with Crippen molar-refractivity contribution in [3.63, 3.8) is 0 Å². The van der Waals surface area contributed by atoms with E-state index in [2.05, 4.69) is 42.7 Å². The summed E-state index contributed by atoms with van der Waals surface area (Å²) in [4.78, 5) is 24.7. The average molecular weight is 370 g/mol. The number of fused-ring (bicyclic) bond motifs is 1. The Labute approximate surface area is 156 Å². The summed E-state index contributed by atoms with van der Waals surface area (Å²) >= 11 is 1.71. The summed E-state index contributed by atoms with van der Waals surface area (Å²) in [6.07, 6.45) is 5.13. The van der Waals surface area contributed by atoms with E-state index >= 15 is 0 Å². The van der Waals surface area contributed by atoms with Crippen molar-refractivity contribution in [3.05, 3.63) is 29.7 Å². The highest BCUT2D eigenvalue weighted by Gasteiger charge is 2.24. The van der Waals surface area contributed by atoms with Gasteiger partial charge in [-0.3, -0.25) is 0 Å². The molecule has 0 radical (unpaired) electrons. The molecule has 4 heterocycles. The maximum Gasteiger partial charge on any atom is 0.257 e. The predicted octanol–water partition coefficient (Wildman–Crippen LogP) is 2.90. The van der Waals surface area contributed by atoms with E-state index in [1.807, 2.05) is 13.8 Å². The topological polar surface area (TPSA) is 67.3 Å². The molecule has 0 spiro atoms. The lowest BCUT2D eigenvalue weighted by Gasteiger charge is -2.36. The Morgan fingerprint density at radius 2 is 1.65 bits per heavy atom. The Hall–Kier alpha value is -2.48. The molecular weight excluding hydrogens is 348 g/mol. The molecule has 0 N–H and O–H groups in total. The minimum absolute atomic E-state index is 0.0721. The molecule has 1 aliphatic rings. The van der Waals surface area contributed by atoms with Gasteiger partial charge in [0.2, 0.25) is 0 Å². The number of nitrogens with zero attached hydrogens (tertiary/aromatic N) is 6. The molecular formula is C18H22N6OS. The zero-order valence-corrected chi connectivity index (χ0v) is 16.0. The summed E-state index contributed by atoms with van der Waals surface area (Å²) in [5, 5.41) is 1.15. The smallest absolute Gasteiger partial charge is 0.257 e. The molecule has 4 rings (SSSR count). The van der Waals surface area contributed by atoms with Crippen LogP contribution in [0.25, 0.3) is 10.2 Å². The van der Waals surface area contributed by atoms with E-state index in [1.165, 1.54) is 4.88 Å². The number of thiophene rings is 1. The summed E-state index contributed by atoms with van der Waals surface area (Å²) < 4.78 is 5.82. The second kappa shape index (κ2) is 7.03. The highest BCUT2D eigenvalue weighted by Crippen LogP contribution is 2.31. The molecule has 1 aliphatic heterocycles. The van der Waals surface area contributed by atoms with Gasteiger partial charge in [0, 0.05) is 43.4 Å². The molecule has 3 aromatic heterocycles. The van der Waals surface area contributed by atoms with Crippen LogP contribution < -0.4 is 14.5 Å². The highest BCUT2D eigenvalue weighted by atomic mass is 32.1. The number of aryl methyl sites for hydroxylation is 1. The van der Waals surface area contributed by atoms with Crippen LogP contribution in [-0.4, -0.2) is 52.2 Å². The maximum absolute atomic E-state index is 5.82. The molecule has 1 saturated heterocycles. The van der Waals surface area contributed by atoms with Gasteiger partial charge in [0.1, 0.15) is 17.0 Å². The third kappa shape index (κ3) is 3.29. The monoisotopic (exact) mass is 370 g/mol. The van der Waals surface area contributed by atoms with Crippen LogP contribution in [0.15, 0.2) is 24.8 Å². The SMILES string of the molecule is Cc1cc2c(N3CCN(c4nccnc4OC(C)C)CC3)ncnc2s1. The summed E-state index contributed by atoms with van der Waals surface area (Å²) in [5.74, 6) is 2.45. The van der Waals surface area contributed by atoms with Gasteiger partial charge in [-0.1, -0.05) is 0 Å². The van der Waals surface area contributed by atoms with E-state index in [9.17, 15) is 0 Å². The lowest BCUT2D eigenvalue weighted by molar-refractivity contribution is 0.232. The molecule has 3 aromatic rings. The van der Waals surface area contributed by atoms with Gasteiger partial charge in [0.25, 0.3) is 5.88 Å². The van der Waals surface area contributed by atoms with Crippen molar-refractivity contribution < 1.29 is 4.74 Å². The zero-order chi connectivity index (χ0) is 18.1. The Morgan fingerprint density at radius 3 is 2.38 bits per heavy atom. The maximum atomic E-state index is 5.82. The molecule has 0 amide bonds. The minimum Gasteiger partial charge on any atom is -0.472 e. The molecule has 0 atom stereocenters. The number of ether oxygens (including phenoxy) is 1. The van der Waals surface area contributed by atoms with E-state index in [4.69, 9.17) is 4.74 Å². The summed E-state index contributed by atoms with van der Waals surface area (Å²) in [5.41, 5.74) is 0. The number of anilines is 2. The predicted molar refractivity (Wildman–Crippen MR) is 104 cm³/mol. The summed E-state index contributed by atoms with van der Waals surface area (Å²) in [6, 6.07) is 2.18. The third-order valence-electron chi connectivity index (χ3n) is 4.30. The van der Waals surface area contributed by atoms with Crippen LogP contribution >= 0.6 is 11.3 Å². The standard InChI is InChI=1S/C18H22N6OS/c1-12(2)25-17-16(19-4-5-20-17)24-8-6-23(7-9-24)15-14-10-13(3)26-18(14)22-11-21-15/h4-5,10-12H,6-9H2,1-3H3. The molecule has 1 fully saturated rings. The second-order valence-corrected chi connectivity index (χ2v) is 7.83. The number of aromatic nitrogens is 4. The zero-order valence-electron chi connectivity index (χ0n) is 15.2. The van der Waals surface area contributed by atoms with Crippen molar-refractivity contribution in [2.45, 2.75) is 26.9 Å². The van der Waals surface area contributed by atoms with E-state index in [0.29, 0.717) is 5.88 Å². The average Bonchev–Trinajstić information content (AvgIpc) is 3.02. The van der Waals surface area contributed by atoms with E-state index in [0.717, 1.165) is 48.0 Å². The first-order valence-electron chi connectivity index (χ1n) is 8.80. The molecule has 0 unspecified atom stereocenters. The fraction of sp³-hybridized carbons (Fsp3) is 0.444. The summed E-state index contributed by atoms with van der Waals surface area (Å²) in [7, 11) is 0. The van der Waals surface area contributed by atoms with Crippen molar-refractivity contribution in [1.82, 2.24) is 19.9 Å². The Balaban J connectivity index is 1.53. The fourth-order valence-corrected chi connectivity index (χ4v) is 4.03. The van der Waals surface area contributed by atoms with Crippen molar-refractivity contribution >= 4 is 33.2 Å². The molecule has 0 bridgehead atoms. The molecule has 26 heavy (non-hydrogen) atoms. The molecule has 7 nitrogen and oxygen atoms in total. The first-order valence-corrected chi connectivity index (χ1v) is 9.62. The normalized spacial score (nSPS) is 15.1. The molecule has 0 aromatic carbocycles. The quantitative estimate of drug-likeness (QED) is 0.699. The van der Waals surface area contributed by atoms with Crippen LogP contribution in [0, 0.1) is 6.92 Å². The second-order valence-electron chi connectivity index (χ2n) is 6.60. The Bertz CT molecular complexity index is 904. The number of hydrogen-bond donors (Lipinski definition) is 0. The molecule has 8 heteroatoms. The van der Waals surface area contributed by atoms with Crippen molar-refractivity contribution in [3.8, 4) is 5.88 Å². The van der Waals surface area contributed by atoms with Crippen LogP contribution in [0.2, 0.25) is 0 Å². The van der Waals surface area contributed by atoms with Gasteiger partial charge in [0.05, 0.1) is 11.5 Å². The Kier molecular flexibility index (Phi) is 4.58. The van der Waals surface area contributed by atoms with Crippen LogP contribution in [0.4, 0.5) is 11.6 Å². The first kappa shape index (κ1) is 17.0. The van der Waals surface area contributed by atoms with Gasteiger partial charge in [-0.2, -0.15) is 0 Å². The summed E-state index contributed by atoms with van der Waals surface area (Å²) in [6.45, 7) is 9.55. The van der Waals surface area contributed by atoms with E-state index in [1.54, 1.807) is 30.1 Å². The van der Waals surface area contributed by atoms with Gasteiger partial charge in [-0.25, -0.2) is 19.9 Å². The van der Waals surface area contributed by atoms with Gasteiger partial charge >= 0.3 is 0 Å². The molecule has 0 saturated carbocycles. The van der Waals surface area contributed by atoms with Gasteiger partial charge in [0.15, 0.2) is 5.82 Å². The third-order valence-corrected chi connectivity index (χ3v) is 5.26. The van der Waals surface area contributed by atoms with Crippen LogP contribution in [0.1, 0.15) is 18.7 Å². The van der Waals surface area contributed by atoms with Gasteiger partial charge < -0.3 is 14.5 Å². The molecule has 0 aliphatic carbocycles. The van der Waals surface area contributed by atoms with Crippen LogP contribution in [0.3, 0.4) is 0 Å². The van der Waals surface area contributed by atoms with Crippen molar-refractivity contribution in [1.29, 1.82) is 0 Å². The number of hydrogen-bond acceptors (Lipinski definition) is 8. The van der Waals surface area contributed by atoms with Crippen LogP contribution in [-0.2, 0) is 0 Å². The number of rotatable bonds is 4. The van der Waals surface area contributed by atoms with Crippen molar-refractivity contribution in [2.75, 3.05) is 36.0 Å². The number of piperazine rings is 1. The fourth-order valence-electron chi connectivity index (χ4n) is 3.19. The lowest BCUT2D eigenvalue weighted by atomic mass is 10.2. The van der Waals surface area contributed by atoms with Gasteiger partial charge in [-0.05, 0) is 26.8 Å². The minimum atomic E-state index is 0.0721. The lowest BCUT2D eigenvalue weighted by Crippen LogP contribution is -2.47. The van der Waals surface area contributed by atoms with Crippen LogP contribution in [0.5, 0.6) is 5.88 Å². The highest BCUT2D eigenvalue weighted by molar-refractivity contribution is 7.18. The largest absolute Gasteiger partial charge is 0.472 e. The molecule has 136 valence electrons. The van der Waals surface area contributed by atoms with Gasteiger partial charge in [-0.15, -0.1) is 11.3 Å². The van der Waals surface area contributed by atoms with E-state index < -0.39 is 0 Å². The Morgan fingerprint density at radius 1 is 0.962 bits per heavy atom.